The number of aliphatic hydroxyl groups is 1. The number of hydrogen-bond donors (Lipinski definition) is 2. The molecule has 2 N–H and O–H groups in total. The lowest BCUT2D eigenvalue weighted by Crippen LogP contribution is -2.40. The van der Waals surface area contributed by atoms with E-state index in [0.717, 1.165) is 32.4 Å². The Hall–Kier alpha value is -0.130. The number of sulfone groups is 1. The summed E-state index contributed by atoms with van der Waals surface area (Å²) >= 11 is 0. The van der Waals surface area contributed by atoms with Crippen LogP contribution in [0.4, 0.5) is 0 Å². The molecule has 1 unspecified atom stereocenters. The van der Waals surface area contributed by atoms with Crippen molar-refractivity contribution in [1.29, 1.82) is 0 Å². The summed E-state index contributed by atoms with van der Waals surface area (Å²) in [6.45, 7) is 1.87. The first kappa shape index (κ1) is 14.3. The van der Waals surface area contributed by atoms with E-state index in [1.165, 1.54) is 19.3 Å². The van der Waals surface area contributed by atoms with Crippen LogP contribution in [0.2, 0.25) is 0 Å². The van der Waals surface area contributed by atoms with Gasteiger partial charge in [0, 0.05) is 18.6 Å². The van der Waals surface area contributed by atoms with Gasteiger partial charge in [-0.1, -0.05) is 19.3 Å². The van der Waals surface area contributed by atoms with Crippen LogP contribution in [-0.2, 0) is 9.84 Å². The normalized spacial score (nSPS) is 30.4. The summed E-state index contributed by atoms with van der Waals surface area (Å²) in [6.07, 6.45) is 6.68. The molecule has 1 aliphatic carbocycles. The zero-order valence-electron chi connectivity index (χ0n) is 11.0. The molecule has 106 valence electrons. The average molecular weight is 275 g/mol. The van der Waals surface area contributed by atoms with E-state index in [-0.39, 0.29) is 17.9 Å². The third-order valence-electron chi connectivity index (χ3n) is 4.51. The summed E-state index contributed by atoms with van der Waals surface area (Å²) in [7, 11) is -2.76. The molecule has 1 saturated heterocycles. The first-order valence-electron chi connectivity index (χ1n) is 7.07. The summed E-state index contributed by atoms with van der Waals surface area (Å²) in [6, 6.07) is 0. The summed E-state index contributed by atoms with van der Waals surface area (Å²) in [4.78, 5) is 0. The van der Waals surface area contributed by atoms with Gasteiger partial charge in [-0.05, 0) is 31.7 Å². The van der Waals surface area contributed by atoms with E-state index >= 15 is 0 Å². The molecule has 2 aliphatic rings. The molecule has 2 fully saturated rings. The highest BCUT2D eigenvalue weighted by Crippen LogP contribution is 2.35. The highest BCUT2D eigenvalue weighted by Gasteiger charge is 2.32. The van der Waals surface area contributed by atoms with E-state index in [4.69, 9.17) is 0 Å². The maximum Gasteiger partial charge on any atom is 0.150 e. The smallest absolute Gasteiger partial charge is 0.150 e. The van der Waals surface area contributed by atoms with Crippen LogP contribution in [0.1, 0.15) is 38.5 Å². The molecule has 0 amide bonds. The molecule has 1 atom stereocenters. The number of rotatable bonds is 5. The molecule has 0 aromatic heterocycles. The lowest BCUT2D eigenvalue weighted by atomic mass is 9.74. The third-order valence-corrected chi connectivity index (χ3v) is 6.35. The van der Waals surface area contributed by atoms with E-state index in [1.54, 1.807) is 0 Å². The number of nitrogens with one attached hydrogen (secondary N) is 1. The SMILES string of the molecule is O=S1(=O)CCC(CNCC2(CO)CCCCC2)C1. The minimum absolute atomic E-state index is 0.0513. The molecule has 1 saturated carbocycles. The molecule has 0 spiro atoms. The molecule has 0 aromatic carbocycles. The first-order valence-corrected chi connectivity index (χ1v) is 8.89. The largest absolute Gasteiger partial charge is 0.396 e. The van der Waals surface area contributed by atoms with Crippen molar-refractivity contribution in [3.63, 3.8) is 0 Å². The van der Waals surface area contributed by atoms with Crippen LogP contribution in [0.15, 0.2) is 0 Å². The molecule has 1 aliphatic heterocycles. The molecule has 1 heterocycles. The van der Waals surface area contributed by atoms with Gasteiger partial charge in [0.15, 0.2) is 9.84 Å². The Morgan fingerprint density at radius 1 is 1.22 bits per heavy atom. The van der Waals surface area contributed by atoms with Crippen molar-refractivity contribution >= 4 is 9.84 Å². The van der Waals surface area contributed by atoms with Crippen molar-refractivity contribution < 1.29 is 13.5 Å². The van der Waals surface area contributed by atoms with E-state index in [1.807, 2.05) is 0 Å². The van der Waals surface area contributed by atoms with Gasteiger partial charge < -0.3 is 10.4 Å². The van der Waals surface area contributed by atoms with Crippen molar-refractivity contribution in [2.45, 2.75) is 38.5 Å². The van der Waals surface area contributed by atoms with Crippen LogP contribution in [0.5, 0.6) is 0 Å². The minimum Gasteiger partial charge on any atom is -0.396 e. The van der Waals surface area contributed by atoms with Gasteiger partial charge in [-0.25, -0.2) is 8.42 Å². The second-order valence-electron chi connectivity index (χ2n) is 6.12. The molecule has 5 heteroatoms. The molecule has 2 rings (SSSR count). The monoisotopic (exact) mass is 275 g/mol. The van der Waals surface area contributed by atoms with E-state index in [0.29, 0.717) is 11.5 Å². The maximum absolute atomic E-state index is 11.4. The second kappa shape index (κ2) is 5.88. The summed E-state index contributed by atoms with van der Waals surface area (Å²) in [5.74, 6) is 0.964. The maximum atomic E-state index is 11.4. The zero-order valence-corrected chi connectivity index (χ0v) is 11.8. The van der Waals surface area contributed by atoms with Crippen molar-refractivity contribution in [1.82, 2.24) is 5.32 Å². The fourth-order valence-electron chi connectivity index (χ4n) is 3.27. The van der Waals surface area contributed by atoms with Crippen molar-refractivity contribution in [3.8, 4) is 0 Å². The van der Waals surface area contributed by atoms with E-state index in [2.05, 4.69) is 5.32 Å². The molecule has 0 bridgehead atoms. The van der Waals surface area contributed by atoms with Gasteiger partial charge >= 0.3 is 0 Å². The predicted molar refractivity (Wildman–Crippen MR) is 72.2 cm³/mol. The number of hydrogen-bond acceptors (Lipinski definition) is 4. The Bertz CT molecular complexity index is 360. The summed E-state index contributed by atoms with van der Waals surface area (Å²) in [5, 5.41) is 13.0. The zero-order chi connectivity index (χ0) is 13.1. The Kier molecular flexibility index (Phi) is 4.67. The van der Waals surface area contributed by atoms with Gasteiger partial charge in [-0.2, -0.15) is 0 Å². The highest BCUT2D eigenvalue weighted by molar-refractivity contribution is 7.91. The van der Waals surface area contributed by atoms with Crippen LogP contribution in [0, 0.1) is 11.3 Å². The van der Waals surface area contributed by atoms with Crippen molar-refractivity contribution in [2.24, 2.45) is 11.3 Å². The van der Waals surface area contributed by atoms with Crippen molar-refractivity contribution in [2.75, 3.05) is 31.2 Å². The molecule has 18 heavy (non-hydrogen) atoms. The topological polar surface area (TPSA) is 66.4 Å². The Morgan fingerprint density at radius 3 is 2.50 bits per heavy atom. The van der Waals surface area contributed by atoms with Crippen LogP contribution >= 0.6 is 0 Å². The van der Waals surface area contributed by atoms with Crippen LogP contribution in [-0.4, -0.2) is 44.7 Å². The third kappa shape index (κ3) is 3.68. The molecular formula is C13H25NO3S. The van der Waals surface area contributed by atoms with Gasteiger partial charge in [0.2, 0.25) is 0 Å². The van der Waals surface area contributed by atoms with E-state index in [9.17, 15) is 13.5 Å². The molecule has 0 aromatic rings. The van der Waals surface area contributed by atoms with Gasteiger partial charge in [0.25, 0.3) is 0 Å². The van der Waals surface area contributed by atoms with Crippen molar-refractivity contribution in [3.05, 3.63) is 0 Å². The van der Waals surface area contributed by atoms with Gasteiger partial charge in [-0.3, -0.25) is 0 Å². The van der Waals surface area contributed by atoms with Gasteiger partial charge in [-0.15, -0.1) is 0 Å². The standard InChI is InChI=1S/C13H25NO3S/c15-11-13(5-2-1-3-6-13)10-14-8-12-4-7-18(16,17)9-12/h12,14-15H,1-11H2. The van der Waals surface area contributed by atoms with E-state index < -0.39 is 9.84 Å². The quantitative estimate of drug-likeness (QED) is 0.784. The minimum atomic E-state index is -2.76. The summed E-state index contributed by atoms with van der Waals surface area (Å²) < 4.78 is 22.7. The van der Waals surface area contributed by atoms with Crippen LogP contribution < -0.4 is 5.32 Å². The summed E-state index contributed by atoms with van der Waals surface area (Å²) in [5.41, 5.74) is 0.0513. The predicted octanol–water partition coefficient (Wildman–Crippen LogP) is 0.953. The fourth-order valence-corrected chi connectivity index (χ4v) is 5.13. The Balaban J connectivity index is 1.74. The van der Waals surface area contributed by atoms with Crippen LogP contribution in [0.3, 0.4) is 0 Å². The number of aliphatic hydroxyl groups excluding tert-OH is 1. The second-order valence-corrected chi connectivity index (χ2v) is 8.35. The lowest BCUT2D eigenvalue weighted by molar-refractivity contribution is 0.0806. The highest BCUT2D eigenvalue weighted by atomic mass is 32.2. The molecule has 0 radical (unpaired) electrons. The Labute approximate surface area is 110 Å². The first-order chi connectivity index (χ1) is 8.55. The fraction of sp³-hybridized carbons (Fsp3) is 1.00. The van der Waals surface area contributed by atoms with Crippen LogP contribution in [0.25, 0.3) is 0 Å². The lowest BCUT2D eigenvalue weighted by Gasteiger charge is -2.36. The Morgan fingerprint density at radius 2 is 1.94 bits per heavy atom. The van der Waals surface area contributed by atoms with Gasteiger partial charge in [0.05, 0.1) is 11.5 Å². The van der Waals surface area contributed by atoms with Gasteiger partial charge in [0.1, 0.15) is 0 Å². The molecular weight excluding hydrogens is 250 g/mol. The average Bonchev–Trinajstić information content (AvgIpc) is 2.70. The molecule has 4 nitrogen and oxygen atoms in total.